The second-order valence-corrected chi connectivity index (χ2v) is 5.91. The summed E-state index contributed by atoms with van der Waals surface area (Å²) < 4.78 is 13.9. The molecular formula is C17H22FNS. The van der Waals surface area contributed by atoms with E-state index < -0.39 is 0 Å². The van der Waals surface area contributed by atoms with Gasteiger partial charge in [0.05, 0.1) is 0 Å². The third kappa shape index (κ3) is 3.68. The minimum atomic E-state index is -0.106. The van der Waals surface area contributed by atoms with Crippen LogP contribution in [0.3, 0.4) is 0 Å². The van der Waals surface area contributed by atoms with E-state index >= 15 is 0 Å². The van der Waals surface area contributed by atoms with Gasteiger partial charge in [0, 0.05) is 10.9 Å². The maximum absolute atomic E-state index is 13.9. The van der Waals surface area contributed by atoms with Gasteiger partial charge in [-0.05, 0) is 54.4 Å². The molecule has 0 amide bonds. The largest absolute Gasteiger partial charge is 0.309 e. The fourth-order valence-corrected chi connectivity index (χ4v) is 3.48. The summed E-state index contributed by atoms with van der Waals surface area (Å²) in [6, 6.07) is 9.47. The summed E-state index contributed by atoms with van der Waals surface area (Å²) in [7, 11) is 0. The molecule has 3 heteroatoms. The number of nitrogens with one attached hydrogen (secondary N) is 1. The van der Waals surface area contributed by atoms with Gasteiger partial charge in [0.1, 0.15) is 5.82 Å². The Balaban J connectivity index is 2.22. The van der Waals surface area contributed by atoms with Gasteiger partial charge in [0.15, 0.2) is 0 Å². The van der Waals surface area contributed by atoms with Crippen LogP contribution in [0.4, 0.5) is 4.39 Å². The lowest BCUT2D eigenvalue weighted by Crippen LogP contribution is -2.24. The van der Waals surface area contributed by atoms with E-state index in [1.165, 1.54) is 10.4 Å². The first-order valence-electron chi connectivity index (χ1n) is 7.29. The van der Waals surface area contributed by atoms with Gasteiger partial charge in [-0.1, -0.05) is 32.0 Å². The summed E-state index contributed by atoms with van der Waals surface area (Å²) in [5.74, 6) is -0.106. The van der Waals surface area contributed by atoms with Crippen molar-refractivity contribution >= 4 is 11.3 Å². The smallest absolute Gasteiger partial charge is 0.126 e. The minimum Gasteiger partial charge on any atom is -0.309 e. The third-order valence-electron chi connectivity index (χ3n) is 3.50. The van der Waals surface area contributed by atoms with Gasteiger partial charge >= 0.3 is 0 Å². The Bertz CT molecular complexity index is 535. The Hall–Kier alpha value is -1.19. The van der Waals surface area contributed by atoms with E-state index in [-0.39, 0.29) is 11.9 Å². The predicted molar refractivity (Wildman–Crippen MR) is 84.8 cm³/mol. The maximum Gasteiger partial charge on any atom is 0.126 e. The van der Waals surface area contributed by atoms with Gasteiger partial charge in [-0.3, -0.25) is 0 Å². The Morgan fingerprint density at radius 3 is 2.65 bits per heavy atom. The van der Waals surface area contributed by atoms with E-state index in [9.17, 15) is 4.39 Å². The van der Waals surface area contributed by atoms with Crippen molar-refractivity contribution in [1.82, 2.24) is 5.32 Å². The molecule has 1 nitrogen and oxygen atoms in total. The number of rotatable bonds is 7. The molecule has 0 aliphatic heterocycles. The van der Waals surface area contributed by atoms with Crippen molar-refractivity contribution in [2.45, 2.75) is 39.2 Å². The van der Waals surface area contributed by atoms with E-state index in [2.05, 4.69) is 30.6 Å². The summed E-state index contributed by atoms with van der Waals surface area (Å²) in [5, 5.41) is 5.70. The van der Waals surface area contributed by atoms with Crippen molar-refractivity contribution in [2.24, 2.45) is 0 Å². The molecule has 0 aliphatic rings. The van der Waals surface area contributed by atoms with Gasteiger partial charge in [-0.25, -0.2) is 4.39 Å². The third-order valence-corrected chi connectivity index (χ3v) is 4.57. The standard InChI is InChI=1S/C17H22FNS/c1-3-10-19-16(17-13(4-2)9-11-20-17)12-14-7-5-6-8-15(14)18/h5-9,11,16,19H,3-4,10,12H2,1-2H3. The number of aryl methyl sites for hydroxylation is 1. The normalized spacial score (nSPS) is 12.6. The number of benzene rings is 1. The zero-order valence-electron chi connectivity index (χ0n) is 12.2. The molecule has 20 heavy (non-hydrogen) atoms. The summed E-state index contributed by atoms with van der Waals surface area (Å²) in [5.41, 5.74) is 2.16. The lowest BCUT2D eigenvalue weighted by molar-refractivity contribution is 0.517. The van der Waals surface area contributed by atoms with Crippen LogP contribution in [0.1, 0.15) is 42.3 Å². The average molecular weight is 291 g/mol. The van der Waals surface area contributed by atoms with Gasteiger partial charge < -0.3 is 5.32 Å². The molecular weight excluding hydrogens is 269 g/mol. The lowest BCUT2D eigenvalue weighted by Gasteiger charge is -2.19. The first kappa shape index (κ1) is 15.2. The fourth-order valence-electron chi connectivity index (χ4n) is 2.41. The molecule has 108 valence electrons. The highest BCUT2D eigenvalue weighted by Gasteiger charge is 2.17. The molecule has 2 aromatic rings. The highest BCUT2D eigenvalue weighted by atomic mass is 32.1. The van der Waals surface area contributed by atoms with Crippen molar-refractivity contribution in [2.75, 3.05) is 6.54 Å². The van der Waals surface area contributed by atoms with Gasteiger partial charge in [0.25, 0.3) is 0 Å². The molecule has 0 saturated carbocycles. The molecule has 0 spiro atoms. The van der Waals surface area contributed by atoms with Crippen LogP contribution in [0.25, 0.3) is 0 Å². The van der Waals surface area contributed by atoms with Gasteiger partial charge in [-0.15, -0.1) is 11.3 Å². The Labute approximate surface area is 124 Å². The summed E-state index contributed by atoms with van der Waals surface area (Å²) >= 11 is 1.77. The monoisotopic (exact) mass is 291 g/mol. The lowest BCUT2D eigenvalue weighted by atomic mass is 10.0. The van der Waals surface area contributed by atoms with E-state index in [4.69, 9.17) is 0 Å². The van der Waals surface area contributed by atoms with Crippen LogP contribution in [0.5, 0.6) is 0 Å². The molecule has 1 atom stereocenters. The van der Waals surface area contributed by atoms with Crippen LogP contribution in [0.2, 0.25) is 0 Å². The zero-order chi connectivity index (χ0) is 14.4. The second-order valence-electron chi connectivity index (χ2n) is 4.97. The average Bonchev–Trinajstić information content (AvgIpc) is 2.93. The van der Waals surface area contributed by atoms with Crippen LogP contribution in [-0.4, -0.2) is 6.54 Å². The Morgan fingerprint density at radius 1 is 1.15 bits per heavy atom. The maximum atomic E-state index is 13.9. The first-order valence-corrected chi connectivity index (χ1v) is 8.17. The highest BCUT2D eigenvalue weighted by molar-refractivity contribution is 7.10. The second kappa shape index (κ2) is 7.55. The topological polar surface area (TPSA) is 12.0 Å². The molecule has 2 rings (SSSR count). The molecule has 1 N–H and O–H groups in total. The van der Waals surface area contributed by atoms with E-state index in [0.717, 1.165) is 24.9 Å². The zero-order valence-corrected chi connectivity index (χ0v) is 13.0. The molecule has 1 unspecified atom stereocenters. The van der Waals surface area contributed by atoms with Crippen LogP contribution >= 0.6 is 11.3 Å². The molecule has 0 aliphatic carbocycles. The summed E-state index contributed by atoms with van der Waals surface area (Å²) in [4.78, 5) is 1.35. The van der Waals surface area contributed by atoms with Crippen molar-refractivity contribution in [3.63, 3.8) is 0 Å². The van der Waals surface area contributed by atoms with Crippen molar-refractivity contribution in [3.05, 3.63) is 57.5 Å². The fraction of sp³-hybridized carbons (Fsp3) is 0.412. The number of hydrogen-bond donors (Lipinski definition) is 1. The van der Waals surface area contributed by atoms with E-state index in [1.807, 2.05) is 12.1 Å². The Kier molecular flexibility index (Phi) is 5.74. The van der Waals surface area contributed by atoms with Crippen LogP contribution in [-0.2, 0) is 12.8 Å². The van der Waals surface area contributed by atoms with E-state index in [0.29, 0.717) is 6.42 Å². The Morgan fingerprint density at radius 2 is 1.95 bits per heavy atom. The molecule has 0 saturated heterocycles. The first-order chi connectivity index (χ1) is 9.76. The van der Waals surface area contributed by atoms with Crippen molar-refractivity contribution < 1.29 is 4.39 Å². The molecule has 0 fully saturated rings. The van der Waals surface area contributed by atoms with Crippen molar-refractivity contribution in [1.29, 1.82) is 0 Å². The summed E-state index contributed by atoms with van der Waals surface area (Å²) in [6.07, 6.45) is 2.82. The number of hydrogen-bond acceptors (Lipinski definition) is 2. The number of halogens is 1. The predicted octanol–water partition coefficient (Wildman–Crippen LogP) is 4.73. The van der Waals surface area contributed by atoms with Crippen molar-refractivity contribution in [3.8, 4) is 0 Å². The molecule has 0 radical (unpaired) electrons. The van der Waals surface area contributed by atoms with Crippen LogP contribution in [0.15, 0.2) is 35.7 Å². The highest BCUT2D eigenvalue weighted by Crippen LogP contribution is 2.28. The van der Waals surface area contributed by atoms with E-state index in [1.54, 1.807) is 23.5 Å². The van der Waals surface area contributed by atoms with Crippen LogP contribution in [0, 0.1) is 5.82 Å². The molecule has 1 heterocycles. The van der Waals surface area contributed by atoms with Gasteiger partial charge in [0.2, 0.25) is 0 Å². The van der Waals surface area contributed by atoms with Gasteiger partial charge in [-0.2, -0.15) is 0 Å². The minimum absolute atomic E-state index is 0.106. The molecule has 1 aromatic heterocycles. The summed E-state index contributed by atoms with van der Waals surface area (Å²) in [6.45, 7) is 5.29. The molecule has 1 aromatic carbocycles. The quantitative estimate of drug-likeness (QED) is 0.777. The van der Waals surface area contributed by atoms with Crippen LogP contribution < -0.4 is 5.32 Å². The SMILES string of the molecule is CCCNC(Cc1ccccc1F)c1sccc1CC. The molecule has 0 bridgehead atoms. The number of thiophene rings is 1.